The average molecular weight is 302 g/mol. The van der Waals surface area contributed by atoms with Gasteiger partial charge in [0, 0.05) is 24.8 Å². The molecule has 0 bridgehead atoms. The number of nitrogens with zero attached hydrogens (tertiary/aromatic N) is 3. The lowest BCUT2D eigenvalue weighted by Crippen LogP contribution is -2.11. The number of carbonyl (C=O) groups excluding carboxylic acids is 1. The van der Waals surface area contributed by atoms with Gasteiger partial charge in [-0.15, -0.1) is 10.2 Å². The highest BCUT2D eigenvalue weighted by atomic mass is 32.2. The lowest BCUT2D eigenvalue weighted by molar-refractivity contribution is -0.116. The Morgan fingerprint density at radius 1 is 1.38 bits per heavy atom. The van der Waals surface area contributed by atoms with Crippen molar-refractivity contribution in [3.05, 3.63) is 35.7 Å². The molecule has 1 heterocycles. The van der Waals surface area contributed by atoms with E-state index in [1.807, 2.05) is 6.07 Å². The van der Waals surface area contributed by atoms with Gasteiger partial charge in [0.2, 0.25) is 11.8 Å². The third-order valence-electron chi connectivity index (χ3n) is 2.58. The third-order valence-corrected chi connectivity index (χ3v) is 3.48. The van der Waals surface area contributed by atoms with Crippen molar-refractivity contribution < 1.29 is 9.21 Å². The van der Waals surface area contributed by atoms with Crippen LogP contribution in [-0.4, -0.2) is 21.9 Å². The van der Waals surface area contributed by atoms with E-state index < -0.39 is 0 Å². The molecule has 1 amide bonds. The Morgan fingerprint density at radius 2 is 2.14 bits per heavy atom. The first-order valence-electron chi connectivity index (χ1n) is 6.40. The van der Waals surface area contributed by atoms with Gasteiger partial charge in [0.15, 0.2) is 0 Å². The van der Waals surface area contributed by atoms with Crippen molar-refractivity contribution in [1.29, 1.82) is 5.26 Å². The van der Waals surface area contributed by atoms with Gasteiger partial charge in [-0.25, -0.2) is 0 Å². The fraction of sp³-hybridized carbons (Fsp3) is 0.286. The van der Waals surface area contributed by atoms with Crippen LogP contribution in [0.15, 0.2) is 33.9 Å². The predicted octanol–water partition coefficient (Wildman–Crippen LogP) is 2.76. The third kappa shape index (κ3) is 4.93. The molecule has 1 N–H and O–H groups in total. The molecule has 0 radical (unpaired) electrons. The zero-order chi connectivity index (χ0) is 15.1. The van der Waals surface area contributed by atoms with Gasteiger partial charge in [0.05, 0.1) is 11.6 Å². The molecule has 0 saturated carbocycles. The van der Waals surface area contributed by atoms with Crippen LogP contribution in [0.25, 0.3) is 0 Å². The summed E-state index contributed by atoms with van der Waals surface area (Å²) in [5.74, 6) is 1.22. The van der Waals surface area contributed by atoms with Crippen LogP contribution >= 0.6 is 11.8 Å². The molecule has 2 rings (SSSR count). The Labute approximate surface area is 126 Å². The van der Waals surface area contributed by atoms with Crippen LogP contribution in [0.1, 0.15) is 24.3 Å². The Morgan fingerprint density at radius 3 is 2.76 bits per heavy atom. The molecule has 0 saturated heterocycles. The molecule has 1 aromatic heterocycles. The summed E-state index contributed by atoms with van der Waals surface area (Å²) in [7, 11) is 0. The van der Waals surface area contributed by atoms with Crippen LogP contribution in [0.5, 0.6) is 0 Å². The number of hydrogen-bond donors (Lipinski definition) is 1. The minimum absolute atomic E-state index is 0.0537. The maximum atomic E-state index is 11.7. The number of aromatic nitrogens is 2. The summed E-state index contributed by atoms with van der Waals surface area (Å²) in [6.07, 6.45) is 1.13. The van der Waals surface area contributed by atoms with E-state index in [0.717, 1.165) is 5.75 Å². The second-order valence-corrected chi connectivity index (χ2v) is 5.32. The average Bonchev–Trinajstić information content (AvgIpc) is 2.90. The van der Waals surface area contributed by atoms with Crippen LogP contribution in [0.3, 0.4) is 0 Å². The zero-order valence-electron chi connectivity index (χ0n) is 11.5. The normalized spacial score (nSPS) is 10.1. The number of rotatable bonds is 6. The van der Waals surface area contributed by atoms with E-state index in [2.05, 4.69) is 15.5 Å². The Kier molecular flexibility index (Phi) is 5.35. The number of nitriles is 1. The molecule has 7 heteroatoms. The molecule has 6 nitrogen and oxygen atoms in total. The first-order valence-corrected chi connectivity index (χ1v) is 7.39. The van der Waals surface area contributed by atoms with Crippen LogP contribution < -0.4 is 5.32 Å². The molecule has 0 aliphatic heterocycles. The van der Waals surface area contributed by atoms with Gasteiger partial charge in [-0.1, -0.05) is 11.8 Å². The number of hydrogen-bond acceptors (Lipinski definition) is 6. The molecule has 0 spiro atoms. The molecule has 0 aliphatic carbocycles. The van der Waals surface area contributed by atoms with Crippen molar-refractivity contribution in [2.75, 3.05) is 11.1 Å². The van der Waals surface area contributed by atoms with Gasteiger partial charge >= 0.3 is 0 Å². The molecule has 21 heavy (non-hydrogen) atoms. The van der Waals surface area contributed by atoms with Gasteiger partial charge in [-0.05, 0) is 30.7 Å². The smallest absolute Gasteiger partial charge is 0.276 e. The fourth-order valence-electron chi connectivity index (χ4n) is 1.58. The highest BCUT2D eigenvalue weighted by Gasteiger charge is 2.05. The molecule has 0 fully saturated rings. The largest absolute Gasteiger partial charge is 0.416 e. The van der Waals surface area contributed by atoms with Crippen LogP contribution in [0.2, 0.25) is 0 Å². The monoisotopic (exact) mass is 302 g/mol. The van der Waals surface area contributed by atoms with Crippen molar-refractivity contribution >= 4 is 23.4 Å². The van der Waals surface area contributed by atoms with Gasteiger partial charge < -0.3 is 9.73 Å². The second kappa shape index (κ2) is 7.45. The van der Waals surface area contributed by atoms with Gasteiger partial charge in [0.1, 0.15) is 0 Å². The number of amides is 1. The second-order valence-electron chi connectivity index (χ2n) is 4.28. The number of anilines is 1. The number of carbonyl (C=O) groups is 1. The number of benzene rings is 1. The molecule has 0 unspecified atom stereocenters. The standard InChI is InChI=1S/C14H14N4O2S/c1-10-17-18-14(20-10)21-8-2-3-13(19)16-12-6-4-11(9-15)5-7-12/h4-7H,2-3,8H2,1H3,(H,16,19). The number of thioether (sulfide) groups is 1. The molecular formula is C14H14N4O2S. The van der Waals surface area contributed by atoms with Crippen molar-refractivity contribution in [1.82, 2.24) is 10.2 Å². The van der Waals surface area contributed by atoms with E-state index in [1.54, 1.807) is 31.2 Å². The summed E-state index contributed by atoms with van der Waals surface area (Å²) in [6.45, 7) is 1.74. The van der Waals surface area contributed by atoms with Gasteiger partial charge in [-0.3, -0.25) is 4.79 Å². The van der Waals surface area contributed by atoms with Crippen LogP contribution in [-0.2, 0) is 4.79 Å². The molecule has 2 aromatic rings. The lowest BCUT2D eigenvalue weighted by atomic mass is 10.2. The SMILES string of the molecule is Cc1nnc(SCCCC(=O)Nc2ccc(C#N)cc2)o1. The van der Waals surface area contributed by atoms with E-state index in [9.17, 15) is 4.79 Å². The van der Waals surface area contributed by atoms with E-state index in [-0.39, 0.29) is 5.91 Å². The first-order chi connectivity index (χ1) is 10.2. The highest BCUT2D eigenvalue weighted by Crippen LogP contribution is 2.17. The van der Waals surface area contributed by atoms with Crippen molar-refractivity contribution in [2.45, 2.75) is 25.0 Å². The number of aryl methyl sites for hydroxylation is 1. The Bertz CT molecular complexity index is 646. The van der Waals surface area contributed by atoms with Crippen molar-refractivity contribution in [3.8, 4) is 6.07 Å². The maximum Gasteiger partial charge on any atom is 0.276 e. The van der Waals surface area contributed by atoms with Gasteiger partial charge in [0.25, 0.3) is 5.22 Å². The Hall–Kier alpha value is -2.33. The molecular weight excluding hydrogens is 288 g/mol. The Balaban J connectivity index is 1.68. The summed E-state index contributed by atoms with van der Waals surface area (Å²) in [5, 5.41) is 19.6. The van der Waals surface area contributed by atoms with Crippen molar-refractivity contribution in [3.63, 3.8) is 0 Å². The fourth-order valence-corrected chi connectivity index (χ4v) is 2.32. The van der Waals surface area contributed by atoms with E-state index in [4.69, 9.17) is 9.68 Å². The summed E-state index contributed by atoms with van der Waals surface area (Å²) in [5.41, 5.74) is 1.26. The maximum absolute atomic E-state index is 11.7. The highest BCUT2D eigenvalue weighted by molar-refractivity contribution is 7.99. The first kappa shape index (κ1) is 15.1. The van der Waals surface area contributed by atoms with E-state index in [0.29, 0.717) is 35.2 Å². The summed E-state index contributed by atoms with van der Waals surface area (Å²) < 4.78 is 5.22. The molecule has 1 aromatic carbocycles. The zero-order valence-corrected chi connectivity index (χ0v) is 12.3. The van der Waals surface area contributed by atoms with Crippen LogP contribution in [0.4, 0.5) is 5.69 Å². The van der Waals surface area contributed by atoms with Crippen LogP contribution in [0, 0.1) is 18.3 Å². The van der Waals surface area contributed by atoms with Gasteiger partial charge in [-0.2, -0.15) is 5.26 Å². The predicted molar refractivity (Wildman–Crippen MR) is 78.8 cm³/mol. The molecule has 108 valence electrons. The van der Waals surface area contributed by atoms with Crippen molar-refractivity contribution in [2.24, 2.45) is 0 Å². The minimum Gasteiger partial charge on any atom is -0.416 e. The molecule has 0 atom stereocenters. The summed E-state index contributed by atoms with van der Waals surface area (Å²) in [6, 6.07) is 8.80. The topological polar surface area (TPSA) is 91.8 Å². The summed E-state index contributed by atoms with van der Waals surface area (Å²) in [4.78, 5) is 11.7. The van der Waals surface area contributed by atoms with E-state index >= 15 is 0 Å². The quantitative estimate of drug-likeness (QED) is 0.651. The summed E-state index contributed by atoms with van der Waals surface area (Å²) >= 11 is 1.44. The lowest BCUT2D eigenvalue weighted by Gasteiger charge is -2.04. The number of nitrogens with one attached hydrogen (secondary N) is 1. The van der Waals surface area contributed by atoms with E-state index in [1.165, 1.54) is 11.8 Å². The minimum atomic E-state index is -0.0537. The molecule has 0 aliphatic rings.